The normalized spacial score (nSPS) is 10.6. The average molecular weight is 301 g/mol. The van der Waals surface area contributed by atoms with Gasteiger partial charge < -0.3 is 10.4 Å². The number of para-hydroxylation sites is 1. The molecule has 106 valence electrons. The molecule has 6 heteroatoms. The number of hydrogen-bond donors (Lipinski definition) is 1. The van der Waals surface area contributed by atoms with Crippen molar-refractivity contribution in [2.24, 2.45) is 0 Å². The summed E-state index contributed by atoms with van der Waals surface area (Å²) < 4.78 is 1.68. The number of anilines is 1. The topological polar surface area (TPSA) is 64.3 Å². The number of hydrogen-bond acceptors (Lipinski definition) is 4. The van der Waals surface area contributed by atoms with Gasteiger partial charge in [-0.2, -0.15) is 5.10 Å². The number of halogens is 1. The second-order valence-corrected chi connectivity index (χ2v) is 4.88. The lowest BCUT2D eigenvalue weighted by Crippen LogP contribution is -2.08. The molecule has 0 saturated carbocycles. The van der Waals surface area contributed by atoms with Crippen LogP contribution in [0.1, 0.15) is 0 Å². The Bertz CT molecular complexity index is 754. The fourth-order valence-corrected chi connectivity index (χ4v) is 2.21. The maximum absolute atomic E-state index is 11.2. The first-order valence-electron chi connectivity index (χ1n) is 6.21. The van der Waals surface area contributed by atoms with Gasteiger partial charge in [0.2, 0.25) is 0 Å². The minimum absolute atomic E-state index is 0.144. The van der Waals surface area contributed by atoms with Gasteiger partial charge in [-0.05, 0) is 30.3 Å². The van der Waals surface area contributed by atoms with Crippen LogP contribution in [0.4, 0.5) is 5.69 Å². The highest BCUT2D eigenvalue weighted by atomic mass is 35.5. The molecule has 1 N–H and O–H groups in total. The molecule has 5 nitrogen and oxygen atoms in total. The predicted octanol–water partition coefficient (Wildman–Crippen LogP) is 3.89. The summed E-state index contributed by atoms with van der Waals surface area (Å²) in [7, 11) is 0. The monoisotopic (exact) mass is 300 g/mol. The van der Waals surface area contributed by atoms with Crippen LogP contribution in [-0.4, -0.2) is 15.0 Å². The first kappa shape index (κ1) is 13.6. The van der Waals surface area contributed by atoms with Crippen molar-refractivity contribution in [3.8, 4) is 16.8 Å². The van der Waals surface area contributed by atoms with Crippen molar-refractivity contribution in [2.75, 3.05) is 5.23 Å². The van der Waals surface area contributed by atoms with Gasteiger partial charge in [0.05, 0.1) is 17.6 Å². The zero-order valence-corrected chi connectivity index (χ0v) is 11.6. The Morgan fingerprint density at radius 2 is 1.81 bits per heavy atom. The summed E-state index contributed by atoms with van der Waals surface area (Å²) in [5.41, 5.74) is 2.37. The van der Waals surface area contributed by atoms with Crippen LogP contribution >= 0.6 is 11.6 Å². The average Bonchev–Trinajstić information content (AvgIpc) is 2.97. The highest BCUT2D eigenvalue weighted by molar-refractivity contribution is 6.30. The van der Waals surface area contributed by atoms with Gasteiger partial charge in [0.25, 0.3) is 0 Å². The molecule has 0 aliphatic heterocycles. The largest absolute Gasteiger partial charge is 0.733 e. The van der Waals surface area contributed by atoms with E-state index in [4.69, 9.17) is 16.8 Å². The van der Waals surface area contributed by atoms with Gasteiger partial charge in [0.1, 0.15) is 0 Å². The lowest BCUT2D eigenvalue weighted by molar-refractivity contribution is 0.297. The minimum Gasteiger partial charge on any atom is -0.733 e. The molecule has 21 heavy (non-hydrogen) atoms. The van der Waals surface area contributed by atoms with Gasteiger partial charge in [0.15, 0.2) is 0 Å². The van der Waals surface area contributed by atoms with Crippen LogP contribution in [0.25, 0.3) is 16.8 Å². The van der Waals surface area contributed by atoms with E-state index >= 15 is 0 Å². The fraction of sp³-hybridized carbons (Fsp3) is 0. The van der Waals surface area contributed by atoms with Crippen LogP contribution in [0.3, 0.4) is 0 Å². The molecule has 0 amide bonds. The molecule has 1 aromatic heterocycles. The maximum atomic E-state index is 11.2. The zero-order chi connectivity index (χ0) is 14.8. The molecule has 0 radical (unpaired) electrons. The van der Waals surface area contributed by atoms with Crippen LogP contribution in [0, 0.1) is 5.21 Å². The molecule has 2 aromatic carbocycles. The van der Waals surface area contributed by atoms with Gasteiger partial charge in [-0.25, -0.2) is 4.68 Å². The van der Waals surface area contributed by atoms with E-state index < -0.39 is 0 Å². The van der Waals surface area contributed by atoms with E-state index in [-0.39, 0.29) is 10.9 Å². The first-order chi connectivity index (χ1) is 10.1. The number of nitrogens with zero attached hydrogens (tertiary/aromatic N) is 3. The van der Waals surface area contributed by atoms with E-state index in [2.05, 4.69) is 5.10 Å². The summed E-state index contributed by atoms with van der Waals surface area (Å²) in [6, 6.07) is 14.0. The molecule has 0 unspecified atom stereocenters. The molecular formula is C15H11ClN3O2-. The van der Waals surface area contributed by atoms with Gasteiger partial charge in [-0.3, -0.25) is 5.21 Å². The van der Waals surface area contributed by atoms with Crippen LogP contribution in [-0.2, 0) is 0 Å². The Balaban J connectivity index is 2.01. The molecule has 3 rings (SSSR count). The van der Waals surface area contributed by atoms with Crippen molar-refractivity contribution in [3.05, 3.63) is 71.2 Å². The van der Waals surface area contributed by atoms with Crippen molar-refractivity contribution >= 4 is 17.3 Å². The highest BCUT2D eigenvalue weighted by Crippen LogP contribution is 2.29. The molecule has 0 fully saturated rings. The van der Waals surface area contributed by atoms with Crippen molar-refractivity contribution in [1.29, 1.82) is 0 Å². The fourth-order valence-electron chi connectivity index (χ4n) is 2.08. The molecule has 0 spiro atoms. The van der Waals surface area contributed by atoms with E-state index in [1.165, 1.54) is 0 Å². The van der Waals surface area contributed by atoms with Crippen LogP contribution in [0.15, 0.2) is 60.9 Å². The second-order valence-electron chi connectivity index (χ2n) is 4.44. The molecule has 0 atom stereocenters. The van der Waals surface area contributed by atoms with E-state index in [9.17, 15) is 5.21 Å². The molecule has 0 bridgehead atoms. The summed E-state index contributed by atoms with van der Waals surface area (Å²) in [5, 5.41) is 25.1. The third-order valence-electron chi connectivity index (χ3n) is 3.09. The molecule has 0 aliphatic rings. The number of aromatic nitrogens is 2. The van der Waals surface area contributed by atoms with Crippen molar-refractivity contribution in [3.63, 3.8) is 0 Å². The molecule has 1 heterocycles. The molecule has 0 aliphatic carbocycles. The SMILES string of the molecule is [O-]N(O)c1ccccc1-c1cnn(-c2ccc(Cl)cc2)c1. The molecule has 3 aromatic rings. The Hall–Kier alpha value is -2.34. The van der Waals surface area contributed by atoms with E-state index in [0.717, 1.165) is 11.3 Å². The van der Waals surface area contributed by atoms with Crippen LogP contribution in [0.5, 0.6) is 0 Å². The van der Waals surface area contributed by atoms with E-state index in [1.54, 1.807) is 53.5 Å². The van der Waals surface area contributed by atoms with Crippen LogP contribution in [0.2, 0.25) is 5.02 Å². The van der Waals surface area contributed by atoms with E-state index in [0.29, 0.717) is 10.6 Å². The highest BCUT2D eigenvalue weighted by Gasteiger charge is 2.08. The van der Waals surface area contributed by atoms with Gasteiger partial charge >= 0.3 is 0 Å². The Labute approximate surface area is 126 Å². The maximum Gasteiger partial charge on any atom is 0.0646 e. The third-order valence-corrected chi connectivity index (χ3v) is 3.35. The number of benzene rings is 2. The second kappa shape index (κ2) is 5.57. The van der Waals surface area contributed by atoms with Crippen molar-refractivity contribution in [2.45, 2.75) is 0 Å². The van der Waals surface area contributed by atoms with Crippen molar-refractivity contribution < 1.29 is 5.21 Å². The summed E-state index contributed by atoms with van der Waals surface area (Å²) in [4.78, 5) is 0. The lowest BCUT2D eigenvalue weighted by Gasteiger charge is -2.24. The van der Waals surface area contributed by atoms with E-state index in [1.807, 2.05) is 12.1 Å². The van der Waals surface area contributed by atoms with Crippen molar-refractivity contribution in [1.82, 2.24) is 9.78 Å². The van der Waals surface area contributed by atoms with Gasteiger partial charge in [-0.15, -0.1) is 0 Å². The summed E-state index contributed by atoms with van der Waals surface area (Å²) in [5.74, 6) is 0. The Morgan fingerprint density at radius 1 is 1.10 bits per heavy atom. The van der Waals surface area contributed by atoms with Gasteiger partial charge in [0, 0.05) is 22.3 Å². The molecule has 0 saturated heterocycles. The predicted molar refractivity (Wildman–Crippen MR) is 81.6 cm³/mol. The summed E-state index contributed by atoms with van der Waals surface area (Å²) in [6.45, 7) is 0. The third kappa shape index (κ3) is 2.75. The standard InChI is InChI=1S/C15H11ClN3O2/c16-12-5-7-13(8-6-12)18-10-11(9-17-18)14-3-1-2-4-15(14)19(20)21/h1-10,20H/q-1. The zero-order valence-electron chi connectivity index (χ0n) is 10.8. The van der Waals surface area contributed by atoms with Gasteiger partial charge in [-0.1, -0.05) is 29.8 Å². The smallest absolute Gasteiger partial charge is 0.0646 e. The molecular weight excluding hydrogens is 290 g/mol. The summed E-state index contributed by atoms with van der Waals surface area (Å²) >= 11 is 5.86. The lowest BCUT2D eigenvalue weighted by atomic mass is 10.1. The number of rotatable bonds is 3. The van der Waals surface area contributed by atoms with Crippen LogP contribution < -0.4 is 5.23 Å². The first-order valence-corrected chi connectivity index (χ1v) is 6.59. The Kier molecular flexibility index (Phi) is 3.62. The summed E-state index contributed by atoms with van der Waals surface area (Å²) in [6.07, 6.45) is 3.42. The quantitative estimate of drug-likeness (QED) is 0.745. The minimum atomic E-state index is -0.144. The Morgan fingerprint density at radius 3 is 2.52 bits per heavy atom.